The standard InChI is InChI=1S/C16H24Cl2N4O2/c1-16(2,3)24-15(23)22-6-4-5-11(10-22)7-19-8-12-9-20-14(18)21-13(12)17/h9,11,19H,4-8,10H2,1-3H3. The van der Waals surface area contributed by atoms with Crippen LogP contribution in [0.5, 0.6) is 0 Å². The zero-order valence-electron chi connectivity index (χ0n) is 14.3. The molecule has 2 rings (SSSR count). The first-order valence-corrected chi connectivity index (χ1v) is 8.86. The van der Waals surface area contributed by atoms with Crippen LogP contribution < -0.4 is 5.32 Å². The largest absolute Gasteiger partial charge is 0.444 e. The molecule has 8 heteroatoms. The molecule has 0 bridgehead atoms. The van der Waals surface area contributed by atoms with Crippen molar-refractivity contribution in [1.29, 1.82) is 0 Å². The molecule has 0 saturated carbocycles. The summed E-state index contributed by atoms with van der Waals surface area (Å²) in [6.07, 6.45) is 3.45. The van der Waals surface area contributed by atoms with E-state index < -0.39 is 5.60 Å². The summed E-state index contributed by atoms with van der Waals surface area (Å²) in [6.45, 7) is 8.45. The maximum atomic E-state index is 12.2. The highest BCUT2D eigenvalue weighted by molar-refractivity contribution is 6.32. The molecule has 1 aromatic rings. The van der Waals surface area contributed by atoms with Gasteiger partial charge in [0.15, 0.2) is 0 Å². The molecule has 1 aliphatic rings. The SMILES string of the molecule is CC(C)(C)OC(=O)N1CCCC(CNCc2cnc(Cl)nc2Cl)C1. The smallest absolute Gasteiger partial charge is 0.410 e. The first kappa shape index (κ1) is 19.2. The van der Waals surface area contributed by atoms with Crippen molar-refractivity contribution in [3.63, 3.8) is 0 Å². The minimum absolute atomic E-state index is 0.143. The summed E-state index contributed by atoms with van der Waals surface area (Å²) in [5.74, 6) is 0.387. The van der Waals surface area contributed by atoms with Gasteiger partial charge in [0.1, 0.15) is 10.8 Å². The molecule has 134 valence electrons. The van der Waals surface area contributed by atoms with Gasteiger partial charge in [0.2, 0.25) is 5.28 Å². The number of carbonyl (C=O) groups excluding carboxylic acids is 1. The van der Waals surface area contributed by atoms with Crippen molar-refractivity contribution in [3.05, 3.63) is 22.2 Å². The fourth-order valence-electron chi connectivity index (χ4n) is 2.62. The van der Waals surface area contributed by atoms with E-state index >= 15 is 0 Å². The van der Waals surface area contributed by atoms with E-state index in [9.17, 15) is 4.79 Å². The van der Waals surface area contributed by atoms with Crippen molar-refractivity contribution in [2.24, 2.45) is 5.92 Å². The Morgan fingerprint density at radius 1 is 1.46 bits per heavy atom. The number of hydrogen-bond acceptors (Lipinski definition) is 5. The van der Waals surface area contributed by atoms with Crippen LogP contribution in [0.2, 0.25) is 10.4 Å². The molecule has 2 heterocycles. The van der Waals surface area contributed by atoms with Crippen molar-refractivity contribution >= 4 is 29.3 Å². The van der Waals surface area contributed by atoms with E-state index in [-0.39, 0.29) is 11.4 Å². The fraction of sp³-hybridized carbons (Fsp3) is 0.688. The van der Waals surface area contributed by atoms with Gasteiger partial charge in [-0.25, -0.2) is 14.8 Å². The first-order valence-electron chi connectivity index (χ1n) is 8.10. The highest BCUT2D eigenvalue weighted by atomic mass is 35.5. The Balaban J connectivity index is 1.79. The van der Waals surface area contributed by atoms with Gasteiger partial charge in [-0.1, -0.05) is 11.6 Å². The van der Waals surface area contributed by atoms with Crippen LogP contribution in [0.15, 0.2) is 6.20 Å². The number of nitrogens with one attached hydrogen (secondary N) is 1. The minimum atomic E-state index is -0.465. The van der Waals surface area contributed by atoms with E-state index in [4.69, 9.17) is 27.9 Å². The maximum absolute atomic E-state index is 12.2. The number of nitrogens with zero attached hydrogens (tertiary/aromatic N) is 3. The first-order chi connectivity index (χ1) is 11.2. The molecule has 1 N–H and O–H groups in total. The number of likely N-dealkylation sites (tertiary alicyclic amines) is 1. The Morgan fingerprint density at radius 2 is 2.21 bits per heavy atom. The molecule has 1 aliphatic heterocycles. The second-order valence-corrected chi connectivity index (χ2v) is 7.72. The molecule has 6 nitrogen and oxygen atoms in total. The molecular formula is C16H24Cl2N4O2. The van der Waals surface area contributed by atoms with Gasteiger partial charge in [-0.15, -0.1) is 0 Å². The Hall–Kier alpha value is -1.11. The second kappa shape index (κ2) is 8.32. The van der Waals surface area contributed by atoms with Gasteiger partial charge >= 0.3 is 6.09 Å². The Kier molecular flexibility index (Phi) is 6.66. The van der Waals surface area contributed by atoms with Crippen LogP contribution in [0.25, 0.3) is 0 Å². The number of halogens is 2. The highest BCUT2D eigenvalue weighted by Gasteiger charge is 2.27. The fourth-order valence-corrected chi connectivity index (χ4v) is 2.99. The van der Waals surface area contributed by atoms with Crippen LogP contribution in [0, 0.1) is 5.92 Å². The van der Waals surface area contributed by atoms with Gasteiger partial charge in [-0.3, -0.25) is 0 Å². The lowest BCUT2D eigenvalue weighted by molar-refractivity contribution is 0.0166. The Labute approximate surface area is 152 Å². The number of carbonyl (C=O) groups is 1. The van der Waals surface area contributed by atoms with Crippen LogP contribution in [-0.2, 0) is 11.3 Å². The van der Waals surface area contributed by atoms with E-state index in [1.165, 1.54) is 0 Å². The van der Waals surface area contributed by atoms with Crippen LogP contribution in [-0.4, -0.2) is 46.2 Å². The molecule has 0 radical (unpaired) electrons. The predicted octanol–water partition coefficient (Wildman–Crippen LogP) is 3.52. The third-order valence-corrected chi connectivity index (χ3v) is 4.21. The lowest BCUT2D eigenvalue weighted by Gasteiger charge is -2.34. The molecule has 0 aliphatic carbocycles. The number of piperidine rings is 1. The molecule has 1 fully saturated rings. The summed E-state index contributed by atoms with van der Waals surface area (Å²) in [7, 11) is 0. The maximum Gasteiger partial charge on any atom is 0.410 e. The van der Waals surface area contributed by atoms with Crippen LogP contribution in [0.3, 0.4) is 0 Å². The van der Waals surface area contributed by atoms with Crippen molar-refractivity contribution in [3.8, 4) is 0 Å². The van der Waals surface area contributed by atoms with Crippen LogP contribution >= 0.6 is 23.2 Å². The average molecular weight is 375 g/mol. The highest BCUT2D eigenvalue weighted by Crippen LogP contribution is 2.19. The lowest BCUT2D eigenvalue weighted by Crippen LogP contribution is -2.45. The van der Waals surface area contributed by atoms with Crippen molar-refractivity contribution in [1.82, 2.24) is 20.2 Å². The van der Waals surface area contributed by atoms with Gasteiger partial charge in [0, 0.05) is 31.4 Å². The number of amides is 1. The van der Waals surface area contributed by atoms with Crippen molar-refractivity contribution in [2.45, 2.75) is 45.8 Å². The third kappa shape index (κ3) is 6.07. The van der Waals surface area contributed by atoms with Crippen LogP contribution in [0.4, 0.5) is 4.79 Å². The summed E-state index contributed by atoms with van der Waals surface area (Å²) in [5, 5.41) is 3.86. The Morgan fingerprint density at radius 3 is 2.88 bits per heavy atom. The summed E-state index contributed by atoms with van der Waals surface area (Å²) >= 11 is 11.7. The molecule has 1 atom stereocenters. The summed E-state index contributed by atoms with van der Waals surface area (Å²) in [4.78, 5) is 21.8. The zero-order chi connectivity index (χ0) is 17.7. The van der Waals surface area contributed by atoms with E-state index in [2.05, 4.69) is 15.3 Å². The molecule has 24 heavy (non-hydrogen) atoms. The average Bonchev–Trinajstić information content (AvgIpc) is 2.48. The molecule has 0 aromatic carbocycles. The van der Waals surface area contributed by atoms with E-state index in [0.29, 0.717) is 24.2 Å². The number of ether oxygens (including phenoxy) is 1. The normalized spacial score (nSPS) is 18.5. The predicted molar refractivity (Wildman–Crippen MR) is 94.3 cm³/mol. The number of hydrogen-bond donors (Lipinski definition) is 1. The minimum Gasteiger partial charge on any atom is -0.444 e. The van der Waals surface area contributed by atoms with Gasteiger partial charge in [0.05, 0.1) is 0 Å². The molecule has 1 saturated heterocycles. The molecule has 1 aromatic heterocycles. The summed E-state index contributed by atoms with van der Waals surface area (Å²) in [6, 6.07) is 0. The van der Waals surface area contributed by atoms with E-state index in [1.807, 2.05) is 20.8 Å². The number of rotatable bonds is 4. The zero-order valence-corrected chi connectivity index (χ0v) is 15.8. The van der Waals surface area contributed by atoms with E-state index in [0.717, 1.165) is 31.5 Å². The quantitative estimate of drug-likeness (QED) is 0.644. The van der Waals surface area contributed by atoms with Gasteiger partial charge in [0.25, 0.3) is 0 Å². The molecule has 1 amide bonds. The third-order valence-electron chi connectivity index (χ3n) is 3.70. The van der Waals surface area contributed by atoms with Gasteiger partial charge in [-0.05, 0) is 57.7 Å². The van der Waals surface area contributed by atoms with Gasteiger partial charge < -0.3 is 15.0 Å². The lowest BCUT2D eigenvalue weighted by atomic mass is 9.98. The summed E-state index contributed by atoms with van der Waals surface area (Å²) < 4.78 is 5.45. The van der Waals surface area contributed by atoms with Crippen LogP contribution in [0.1, 0.15) is 39.2 Å². The molecule has 0 spiro atoms. The summed E-state index contributed by atoms with van der Waals surface area (Å²) in [5.41, 5.74) is 0.342. The molecule has 1 unspecified atom stereocenters. The number of aromatic nitrogens is 2. The van der Waals surface area contributed by atoms with Crippen molar-refractivity contribution < 1.29 is 9.53 Å². The monoisotopic (exact) mass is 374 g/mol. The second-order valence-electron chi connectivity index (χ2n) is 7.02. The van der Waals surface area contributed by atoms with Gasteiger partial charge in [-0.2, -0.15) is 0 Å². The topological polar surface area (TPSA) is 67.3 Å². The molecular weight excluding hydrogens is 351 g/mol. The van der Waals surface area contributed by atoms with Crippen molar-refractivity contribution in [2.75, 3.05) is 19.6 Å². The van der Waals surface area contributed by atoms with E-state index in [1.54, 1.807) is 11.1 Å². The Bertz CT molecular complexity index is 578.